The van der Waals surface area contributed by atoms with Gasteiger partial charge in [0.1, 0.15) is 6.54 Å². The van der Waals surface area contributed by atoms with E-state index in [1.807, 2.05) is 6.08 Å². The number of nitrogens with one attached hydrogen (secondary N) is 4. The molecule has 6 rings (SSSR count). The molecule has 22 nitrogen and oxygen atoms in total. The van der Waals surface area contributed by atoms with Crippen LogP contribution >= 0.6 is 0 Å². The molecule has 0 bridgehead atoms. The van der Waals surface area contributed by atoms with Crippen molar-refractivity contribution < 1.29 is 78.4 Å². The third kappa shape index (κ3) is 13.8. The molecule has 6 N–H and O–H groups in total. The highest BCUT2D eigenvalue weighted by Crippen LogP contribution is 2.46. The van der Waals surface area contributed by atoms with Crippen LogP contribution < -0.4 is 26.3 Å². The van der Waals surface area contributed by atoms with Crippen LogP contribution in [-0.4, -0.2) is 138 Å². The molecule has 73 heavy (non-hydrogen) atoms. The molecule has 2 aromatic carbocycles. The molecule has 4 aliphatic rings. The number of hydrogen-bond acceptors (Lipinski definition) is 15. The van der Waals surface area contributed by atoms with E-state index in [4.69, 9.17) is 18.7 Å². The molecule has 2 aromatic rings. The Labute approximate surface area is 420 Å². The van der Waals surface area contributed by atoms with Gasteiger partial charge in [-0.25, -0.2) is 9.79 Å². The van der Waals surface area contributed by atoms with Gasteiger partial charge in [-0.15, -0.1) is 5.06 Å². The van der Waals surface area contributed by atoms with Gasteiger partial charge in [-0.2, -0.15) is 16.8 Å². The fourth-order valence-electron chi connectivity index (χ4n) is 7.78. The number of fused-ring (bicyclic) bond motifs is 2. The first kappa shape index (κ1) is 55.0. The Hall–Kier alpha value is -7.35. The van der Waals surface area contributed by atoms with E-state index in [9.17, 15) is 54.7 Å². The highest BCUT2D eigenvalue weighted by Gasteiger charge is 2.35. The quantitative estimate of drug-likeness (QED) is 0.0268. The lowest BCUT2D eigenvalue weighted by Crippen LogP contribution is -2.76. The molecule has 1 saturated heterocycles. The Balaban J connectivity index is 1.30. The number of ether oxygens (including phenoxy) is 2. The molecule has 2 aliphatic heterocycles. The number of rotatable bonds is 23. The summed E-state index contributed by atoms with van der Waals surface area (Å²) in [4.78, 5) is 84.3. The van der Waals surface area contributed by atoms with Crippen molar-refractivity contribution in [2.45, 2.75) is 49.3 Å². The van der Waals surface area contributed by atoms with Crippen LogP contribution in [0.25, 0.3) is 33.4 Å². The largest absolute Gasteiger partial charge is 0.453 e. The predicted molar refractivity (Wildman–Crippen MR) is 263 cm³/mol. The van der Waals surface area contributed by atoms with Crippen LogP contribution in [0.15, 0.2) is 105 Å². The summed E-state index contributed by atoms with van der Waals surface area (Å²) in [5.74, 6) is -4.15. The second-order valence-electron chi connectivity index (χ2n) is 16.2. The molecule has 0 radical (unpaired) electrons. The van der Waals surface area contributed by atoms with Crippen LogP contribution in [-0.2, 0) is 53.7 Å². The number of allylic oxidation sites excluding steroid dienone is 6. The normalized spacial score (nSPS) is 16.1. The van der Waals surface area contributed by atoms with Gasteiger partial charge in [-0.05, 0) is 68.3 Å². The lowest BCUT2D eigenvalue weighted by atomic mass is 9.89. The third-order valence-corrected chi connectivity index (χ3v) is 13.0. The van der Waals surface area contributed by atoms with Gasteiger partial charge in [0, 0.05) is 85.3 Å². The summed E-state index contributed by atoms with van der Waals surface area (Å²) in [7, 11) is -8.79. The molecular weight excluding hydrogens is 993 g/mol. The van der Waals surface area contributed by atoms with Crippen LogP contribution in [0, 0.1) is 0 Å². The van der Waals surface area contributed by atoms with Gasteiger partial charge < -0.3 is 39.6 Å². The van der Waals surface area contributed by atoms with Crippen LogP contribution in [0.2, 0.25) is 0 Å². The summed E-state index contributed by atoms with van der Waals surface area (Å²) in [5, 5.41) is 8.76. The van der Waals surface area contributed by atoms with Crippen LogP contribution in [0.4, 0.5) is 5.69 Å². The summed E-state index contributed by atoms with van der Waals surface area (Å²) in [6.45, 7) is 4.03. The van der Waals surface area contributed by atoms with Gasteiger partial charge in [-0.1, -0.05) is 36.4 Å². The molecule has 24 heteroatoms. The molecule has 0 spiro atoms. The highest BCUT2D eigenvalue weighted by molar-refractivity contribution is 7.86. The summed E-state index contributed by atoms with van der Waals surface area (Å²) < 4.78 is 91.2. The van der Waals surface area contributed by atoms with E-state index in [1.165, 1.54) is 54.4 Å². The molecule has 2 heterocycles. The first-order chi connectivity index (χ1) is 34.8. The first-order valence-electron chi connectivity index (χ1n) is 23.1. The minimum absolute atomic E-state index is 0.0000754. The number of carbonyl (C=O) groups is 6. The van der Waals surface area contributed by atoms with Crippen molar-refractivity contribution in [2.75, 3.05) is 71.5 Å². The van der Waals surface area contributed by atoms with Crippen molar-refractivity contribution in [3.8, 4) is 22.5 Å². The number of carbonyl (C=O) groups excluding carboxylic acids is 6. The van der Waals surface area contributed by atoms with Crippen LogP contribution in [0.1, 0.15) is 60.2 Å². The Bertz CT molecular complexity index is 3180. The van der Waals surface area contributed by atoms with Crippen molar-refractivity contribution in [1.82, 2.24) is 20.6 Å². The number of benzene rings is 3. The zero-order valence-corrected chi connectivity index (χ0v) is 41.7. The van der Waals surface area contributed by atoms with Crippen LogP contribution in [0.5, 0.6) is 0 Å². The van der Waals surface area contributed by atoms with Gasteiger partial charge in [0.2, 0.25) is 10.3 Å². The van der Waals surface area contributed by atoms with Crippen LogP contribution in [0.3, 0.4) is 0 Å². The Kier molecular flexibility index (Phi) is 18.7. The van der Waals surface area contributed by atoms with Gasteiger partial charge >= 0.3 is 16.1 Å². The minimum Gasteiger partial charge on any atom is -0.453 e. The van der Waals surface area contributed by atoms with Crippen molar-refractivity contribution >= 4 is 72.4 Å². The molecule has 388 valence electrons. The molecule has 0 aromatic heterocycles. The predicted octanol–water partition coefficient (Wildman–Crippen LogP) is 2.08. The van der Waals surface area contributed by atoms with Gasteiger partial charge in [0.25, 0.3) is 39.7 Å². The molecule has 0 saturated carbocycles. The molecule has 0 atom stereocenters. The van der Waals surface area contributed by atoms with Crippen molar-refractivity contribution in [2.24, 2.45) is 0 Å². The maximum absolute atomic E-state index is 14.8. The maximum atomic E-state index is 14.8. The van der Waals surface area contributed by atoms with E-state index in [-0.39, 0.29) is 135 Å². The van der Waals surface area contributed by atoms with Crippen molar-refractivity contribution in [3.05, 3.63) is 107 Å². The molecule has 0 unspecified atom stereocenters. The monoisotopic (exact) mass is 1050 g/mol. The number of anilines is 1. The average Bonchev–Trinajstić information content (AvgIpc) is 3.64. The SMILES string of the molecule is CCNc1ccc2c(-c3ccc(C(=O)NCCOCCOCCC(=O)ON4C(=O)CCC4=O)cc3C(=O)N(C)CCCNC(=O)C3=C/C=C\C=C/C=C\3)c3ccc(=[NH+]CC)c(S(=O)(=O)O)c-3oc2c1S(=O)(=O)O. The number of amides is 5. The zero-order chi connectivity index (χ0) is 52.9. The average molecular weight is 1050 g/mol. The van der Waals surface area contributed by atoms with E-state index < -0.39 is 71.0 Å². The first-order valence-corrected chi connectivity index (χ1v) is 26.0. The fourth-order valence-corrected chi connectivity index (χ4v) is 9.39. The topological polar surface area (TPSA) is 309 Å². The Morgan fingerprint density at radius 3 is 2.16 bits per heavy atom. The van der Waals surface area contributed by atoms with E-state index in [0.29, 0.717) is 10.6 Å². The van der Waals surface area contributed by atoms with E-state index >= 15 is 0 Å². The second kappa shape index (κ2) is 24.9. The third-order valence-electron chi connectivity index (χ3n) is 11.1. The lowest BCUT2D eigenvalue weighted by Gasteiger charge is -2.23. The molecule has 1 fully saturated rings. The fraction of sp³-hybridized carbons (Fsp3) is 0.327. The summed E-state index contributed by atoms with van der Waals surface area (Å²) in [6, 6.07) is 9.78. The van der Waals surface area contributed by atoms with E-state index in [2.05, 4.69) is 20.9 Å². The number of nitrogens with zero attached hydrogens (tertiary/aromatic N) is 2. The molecular formula is C49H55N6O16S2+. The Morgan fingerprint density at radius 2 is 1.47 bits per heavy atom. The van der Waals surface area contributed by atoms with E-state index in [0.717, 1.165) is 0 Å². The number of imide groups is 1. The molecule has 2 aliphatic carbocycles. The lowest BCUT2D eigenvalue weighted by molar-refractivity contribution is -0.498. The van der Waals surface area contributed by atoms with Gasteiger partial charge in [0.05, 0.1) is 38.5 Å². The number of hydrogen-bond donors (Lipinski definition) is 6. The standard InChI is InChI=1S/C49H54N6O16S2/c1-4-50-37-18-16-34-42(35-17-19-38(51-5-2)46(73(65,66)67)44(35)70-43(34)45(37)72(62,63)64)33-15-14-32(30-36(33)49(61)54(3)25-11-23-52-47(59)31-12-9-7-6-8-10-13-31)48(60)53-24-27-69-29-28-68-26-22-41(58)71-55-39(56)20-21-40(55)57/h6-10,12-19,30,50H,4-5,11,20-29H2,1-3H3,(H,52,59)(H,53,60)(H,62,63,64)(H,65,66,67)/p+1/b7-6-,8-6?,9-7?,10-8-,12-9-,13-10?,31-12?,31-13+,51-38?. The summed E-state index contributed by atoms with van der Waals surface area (Å²) in [5.41, 5.74) is -0.206. The van der Waals surface area contributed by atoms with Crippen molar-refractivity contribution in [1.29, 1.82) is 0 Å². The molecule has 5 amide bonds. The zero-order valence-electron chi connectivity index (χ0n) is 40.1. The van der Waals surface area contributed by atoms with Gasteiger partial charge in [0.15, 0.2) is 16.2 Å². The summed E-state index contributed by atoms with van der Waals surface area (Å²) >= 11 is 0. The second-order valence-corrected chi connectivity index (χ2v) is 19.0. The minimum atomic E-state index is -5.14. The highest BCUT2D eigenvalue weighted by atomic mass is 32.2. The number of hydroxylamine groups is 2. The van der Waals surface area contributed by atoms with Gasteiger partial charge in [-0.3, -0.25) is 33.1 Å². The Morgan fingerprint density at radius 1 is 0.795 bits per heavy atom. The maximum Gasteiger partial charge on any atom is 0.335 e. The smallest absolute Gasteiger partial charge is 0.335 e. The summed E-state index contributed by atoms with van der Waals surface area (Å²) in [6.07, 6.45) is 12.1. The van der Waals surface area contributed by atoms with E-state index in [1.54, 1.807) is 50.3 Å². The van der Waals surface area contributed by atoms with Crippen molar-refractivity contribution in [3.63, 3.8) is 0 Å².